The number of carbonyl (C=O) groups is 1. The number of rotatable bonds is 6. The Morgan fingerprint density at radius 1 is 0.929 bits per heavy atom. The third-order valence-corrected chi connectivity index (χ3v) is 5.91. The smallest absolute Gasteiger partial charge is 0.260 e. The zero-order chi connectivity index (χ0) is 19.2. The molecule has 2 aromatic heterocycles. The van der Waals surface area contributed by atoms with Crippen LogP contribution in [-0.4, -0.2) is 15.9 Å². The SMILES string of the molecule is O=C(Nc1ncc(Cc2ccccc2)s1)c1cccnc1Sc1ccccc1. The van der Waals surface area contributed by atoms with Gasteiger partial charge in [0.05, 0.1) is 5.56 Å². The van der Waals surface area contributed by atoms with Gasteiger partial charge in [-0.1, -0.05) is 60.3 Å². The molecule has 1 N–H and O–H groups in total. The van der Waals surface area contributed by atoms with Gasteiger partial charge in [0.25, 0.3) is 5.91 Å². The fourth-order valence-electron chi connectivity index (χ4n) is 2.65. The minimum atomic E-state index is -0.202. The van der Waals surface area contributed by atoms with Crippen molar-refractivity contribution in [3.63, 3.8) is 0 Å². The molecule has 6 heteroatoms. The van der Waals surface area contributed by atoms with E-state index in [1.54, 1.807) is 18.3 Å². The Balaban J connectivity index is 1.47. The topological polar surface area (TPSA) is 54.9 Å². The van der Waals surface area contributed by atoms with Crippen LogP contribution in [0, 0.1) is 0 Å². The summed E-state index contributed by atoms with van der Waals surface area (Å²) < 4.78 is 0. The first kappa shape index (κ1) is 18.4. The summed E-state index contributed by atoms with van der Waals surface area (Å²) in [6, 6.07) is 23.7. The molecule has 0 aliphatic rings. The molecular weight excluding hydrogens is 386 g/mol. The van der Waals surface area contributed by atoms with Crippen LogP contribution in [0.1, 0.15) is 20.8 Å². The van der Waals surface area contributed by atoms with Crippen LogP contribution in [0.4, 0.5) is 5.13 Å². The number of hydrogen-bond donors (Lipinski definition) is 1. The number of anilines is 1. The van der Waals surface area contributed by atoms with E-state index in [1.807, 2.05) is 54.7 Å². The maximum Gasteiger partial charge on any atom is 0.260 e. The van der Waals surface area contributed by atoms with Gasteiger partial charge in [-0.05, 0) is 29.8 Å². The molecule has 0 atom stereocenters. The molecule has 0 saturated heterocycles. The van der Waals surface area contributed by atoms with E-state index in [0.717, 1.165) is 16.2 Å². The first-order chi connectivity index (χ1) is 13.8. The second-order valence-corrected chi connectivity index (χ2v) is 8.20. The lowest BCUT2D eigenvalue weighted by Crippen LogP contribution is -2.13. The van der Waals surface area contributed by atoms with Crippen molar-refractivity contribution in [2.75, 3.05) is 5.32 Å². The third kappa shape index (κ3) is 4.65. The molecule has 0 radical (unpaired) electrons. The van der Waals surface area contributed by atoms with Crippen molar-refractivity contribution in [2.24, 2.45) is 0 Å². The van der Waals surface area contributed by atoms with E-state index in [0.29, 0.717) is 15.7 Å². The fraction of sp³-hybridized carbons (Fsp3) is 0.0455. The maximum absolute atomic E-state index is 12.8. The van der Waals surface area contributed by atoms with Crippen LogP contribution in [-0.2, 0) is 6.42 Å². The van der Waals surface area contributed by atoms with Gasteiger partial charge in [-0.2, -0.15) is 0 Å². The fourth-order valence-corrected chi connectivity index (χ4v) is 4.40. The molecule has 4 nitrogen and oxygen atoms in total. The summed E-state index contributed by atoms with van der Waals surface area (Å²) in [6.07, 6.45) is 4.32. The van der Waals surface area contributed by atoms with Gasteiger partial charge in [-0.15, -0.1) is 11.3 Å². The van der Waals surface area contributed by atoms with E-state index in [2.05, 4.69) is 27.4 Å². The van der Waals surface area contributed by atoms with Crippen LogP contribution in [0.5, 0.6) is 0 Å². The van der Waals surface area contributed by atoms with Gasteiger partial charge in [0.1, 0.15) is 5.03 Å². The van der Waals surface area contributed by atoms with Crippen LogP contribution in [0.25, 0.3) is 0 Å². The Labute approximate surface area is 171 Å². The Hall–Kier alpha value is -2.96. The summed E-state index contributed by atoms with van der Waals surface area (Å²) in [5.41, 5.74) is 1.76. The van der Waals surface area contributed by atoms with Gasteiger partial charge in [-0.25, -0.2) is 9.97 Å². The second-order valence-electron chi connectivity index (χ2n) is 6.02. The average molecular weight is 404 g/mol. The normalized spacial score (nSPS) is 10.6. The van der Waals surface area contributed by atoms with Crippen molar-refractivity contribution in [2.45, 2.75) is 16.3 Å². The average Bonchev–Trinajstić information content (AvgIpc) is 3.16. The van der Waals surface area contributed by atoms with Crippen LogP contribution in [0.15, 0.2) is 95.1 Å². The molecule has 0 aliphatic carbocycles. The first-order valence-electron chi connectivity index (χ1n) is 8.76. The lowest BCUT2D eigenvalue weighted by Gasteiger charge is -2.07. The molecule has 0 aliphatic heterocycles. The van der Waals surface area contributed by atoms with E-state index in [9.17, 15) is 4.79 Å². The summed E-state index contributed by atoms with van der Waals surface area (Å²) >= 11 is 2.96. The summed E-state index contributed by atoms with van der Waals surface area (Å²) in [7, 11) is 0. The monoisotopic (exact) mass is 403 g/mol. The lowest BCUT2D eigenvalue weighted by atomic mass is 10.1. The van der Waals surface area contributed by atoms with Gasteiger partial charge in [0.15, 0.2) is 5.13 Å². The lowest BCUT2D eigenvalue weighted by molar-refractivity contribution is 0.102. The van der Waals surface area contributed by atoms with Crippen LogP contribution in [0.3, 0.4) is 0 Å². The number of aromatic nitrogens is 2. The summed E-state index contributed by atoms with van der Waals surface area (Å²) in [5, 5.41) is 4.17. The molecule has 2 aromatic carbocycles. The van der Waals surface area contributed by atoms with Crippen LogP contribution in [0.2, 0.25) is 0 Å². The standard InChI is InChI=1S/C22H17N3OS2/c26-20(19-12-7-13-23-21(19)27-17-10-5-2-6-11-17)25-22-24-15-18(28-22)14-16-8-3-1-4-9-16/h1-13,15H,14H2,(H,24,25,26). The highest BCUT2D eigenvalue weighted by atomic mass is 32.2. The molecular formula is C22H17N3OS2. The molecule has 4 rings (SSSR count). The number of pyridine rings is 1. The Morgan fingerprint density at radius 2 is 1.68 bits per heavy atom. The number of amides is 1. The minimum absolute atomic E-state index is 0.202. The number of benzene rings is 2. The van der Waals surface area contributed by atoms with Crippen molar-refractivity contribution in [1.29, 1.82) is 0 Å². The van der Waals surface area contributed by atoms with Crippen LogP contribution < -0.4 is 5.32 Å². The van der Waals surface area contributed by atoms with Crippen molar-refractivity contribution in [1.82, 2.24) is 9.97 Å². The third-order valence-electron chi connectivity index (χ3n) is 3.97. The van der Waals surface area contributed by atoms with E-state index >= 15 is 0 Å². The summed E-state index contributed by atoms with van der Waals surface area (Å²) in [6.45, 7) is 0. The molecule has 1 amide bonds. The van der Waals surface area contributed by atoms with Crippen molar-refractivity contribution < 1.29 is 4.79 Å². The highest BCUT2D eigenvalue weighted by molar-refractivity contribution is 7.99. The number of thiazole rings is 1. The van der Waals surface area contributed by atoms with E-state index in [-0.39, 0.29) is 5.91 Å². The van der Waals surface area contributed by atoms with E-state index in [1.165, 1.54) is 28.7 Å². The highest BCUT2D eigenvalue weighted by Gasteiger charge is 2.15. The Bertz CT molecular complexity index is 1070. The molecule has 28 heavy (non-hydrogen) atoms. The molecule has 0 spiro atoms. The molecule has 2 heterocycles. The minimum Gasteiger partial charge on any atom is -0.298 e. The quantitative estimate of drug-likeness (QED) is 0.460. The van der Waals surface area contributed by atoms with Crippen molar-refractivity contribution in [3.8, 4) is 0 Å². The zero-order valence-corrected chi connectivity index (χ0v) is 16.5. The first-order valence-corrected chi connectivity index (χ1v) is 10.4. The van der Waals surface area contributed by atoms with Gasteiger partial charge in [0.2, 0.25) is 0 Å². The van der Waals surface area contributed by atoms with Gasteiger partial charge >= 0.3 is 0 Å². The van der Waals surface area contributed by atoms with Gasteiger partial charge in [-0.3, -0.25) is 10.1 Å². The molecule has 4 aromatic rings. The molecule has 0 bridgehead atoms. The highest BCUT2D eigenvalue weighted by Crippen LogP contribution is 2.29. The van der Waals surface area contributed by atoms with E-state index in [4.69, 9.17) is 0 Å². The molecule has 0 fully saturated rings. The van der Waals surface area contributed by atoms with E-state index < -0.39 is 0 Å². The summed E-state index contributed by atoms with van der Waals surface area (Å²) in [4.78, 5) is 23.7. The zero-order valence-electron chi connectivity index (χ0n) is 14.9. The molecule has 0 unspecified atom stereocenters. The second kappa shape index (κ2) is 8.82. The molecule has 138 valence electrons. The van der Waals surface area contributed by atoms with Gasteiger partial charge < -0.3 is 0 Å². The van der Waals surface area contributed by atoms with Crippen molar-refractivity contribution in [3.05, 3.63) is 101 Å². The molecule has 0 saturated carbocycles. The predicted octanol–water partition coefficient (Wildman–Crippen LogP) is 5.53. The Morgan fingerprint density at radius 3 is 2.46 bits per heavy atom. The Kier molecular flexibility index (Phi) is 5.80. The van der Waals surface area contributed by atoms with Gasteiger partial charge in [0, 0.05) is 28.6 Å². The van der Waals surface area contributed by atoms with Crippen LogP contribution >= 0.6 is 23.1 Å². The van der Waals surface area contributed by atoms with Crippen molar-refractivity contribution >= 4 is 34.1 Å². The summed E-state index contributed by atoms with van der Waals surface area (Å²) in [5.74, 6) is -0.202. The number of nitrogens with zero attached hydrogens (tertiary/aromatic N) is 2. The number of carbonyl (C=O) groups excluding carboxylic acids is 1. The number of hydrogen-bond acceptors (Lipinski definition) is 5. The number of nitrogens with one attached hydrogen (secondary N) is 1. The largest absolute Gasteiger partial charge is 0.298 e. The predicted molar refractivity (Wildman–Crippen MR) is 114 cm³/mol. The maximum atomic E-state index is 12.8.